The van der Waals surface area contributed by atoms with Crippen molar-refractivity contribution >= 4 is 23.2 Å². The molecule has 9 heteroatoms. The molecule has 2 aromatic rings. The number of hydrogen-bond donors (Lipinski definition) is 1. The molecule has 0 radical (unpaired) electrons. The molecule has 27 heavy (non-hydrogen) atoms. The van der Waals surface area contributed by atoms with Crippen LogP contribution in [0.3, 0.4) is 0 Å². The van der Waals surface area contributed by atoms with E-state index >= 15 is 0 Å². The van der Waals surface area contributed by atoms with Crippen molar-refractivity contribution in [2.75, 3.05) is 7.11 Å². The zero-order valence-electron chi connectivity index (χ0n) is 14.0. The first-order valence-corrected chi connectivity index (χ1v) is 8.14. The zero-order chi connectivity index (χ0) is 19.8. The summed E-state index contributed by atoms with van der Waals surface area (Å²) in [5.41, 5.74) is -3.26. The van der Waals surface area contributed by atoms with E-state index in [1.807, 2.05) is 0 Å². The quantitative estimate of drug-likeness (QED) is 0.854. The predicted molar refractivity (Wildman–Crippen MR) is 92.8 cm³/mol. The van der Waals surface area contributed by atoms with Gasteiger partial charge in [0.1, 0.15) is 5.75 Å². The van der Waals surface area contributed by atoms with Gasteiger partial charge >= 0.3 is 6.18 Å². The minimum absolute atomic E-state index is 0.0696. The van der Waals surface area contributed by atoms with Crippen molar-refractivity contribution in [1.82, 2.24) is 5.01 Å². The molecule has 1 heterocycles. The van der Waals surface area contributed by atoms with Gasteiger partial charge in [-0.1, -0.05) is 11.6 Å². The maximum absolute atomic E-state index is 13.6. The van der Waals surface area contributed by atoms with E-state index in [0.717, 1.165) is 0 Å². The first kappa shape index (κ1) is 19.2. The second kappa shape index (κ2) is 6.86. The molecule has 1 aliphatic rings. The lowest BCUT2D eigenvalue weighted by Crippen LogP contribution is -2.56. The Hall–Kier alpha value is -2.58. The molecule has 0 spiro atoms. The number of amides is 1. The summed E-state index contributed by atoms with van der Waals surface area (Å²) in [5.74, 6) is -0.576. The standard InChI is InChI=1S/C18H14ClF3N2O3/c1-27-14-8-4-11(5-9-14)15-10-17(26,18(20,21)22)24(23-15)16(25)12-2-6-13(19)7-3-12/h2-9,26H,10H2,1H3. The maximum atomic E-state index is 13.6. The third-order valence-electron chi connectivity index (χ3n) is 4.15. The molecule has 0 bridgehead atoms. The third-order valence-corrected chi connectivity index (χ3v) is 4.40. The number of nitrogens with zero attached hydrogens (tertiary/aromatic N) is 2. The number of alkyl halides is 3. The second-order valence-corrected chi connectivity index (χ2v) is 6.33. The highest BCUT2D eigenvalue weighted by Gasteiger charge is 2.63. The van der Waals surface area contributed by atoms with Crippen molar-refractivity contribution in [3.05, 3.63) is 64.7 Å². The number of hydrazone groups is 1. The lowest BCUT2D eigenvalue weighted by atomic mass is 10.0. The number of ether oxygens (including phenoxy) is 1. The van der Waals surface area contributed by atoms with Crippen molar-refractivity contribution in [3.63, 3.8) is 0 Å². The van der Waals surface area contributed by atoms with E-state index in [-0.39, 0.29) is 16.3 Å². The summed E-state index contributed by atoms with van der Waals surface area (Å²) in [7, 11) is 1.46. The van der Waals surface area contributed by atoms with Gasteiger partial charge in [-0.25, -0.2) is 0 Å². The molecule has 0 fully saturated rings. The van der Waals surface area contributed by atoms with Crippen LogP contribution in [0.2, 0.25) is 5.02 Å². The molecule has 1 aliphatic heterocycles. The van der Waals surface area contributed by atoms with Crippen LogP contribution in [0.25, 0.3) is 0 Å². The fraction of sp³-hybridized carbons (Fsp3) is 0.222. The summed E-state index contributed by atoms with van der Waals surface area (Å²) in [6.45, 7) is 0. The van der Waals surface area contributed by atoms with Crippen molar-refractivity contribution in [1.29, 1.82) is 0 Å². The number of benzene rings is 2. The van der Waals surface area contributed by atoms with Gasteiger partial charge in [-0.2, -0.15) is 23.3 Å². The molecule has 5 nitrogen and oxygen atoms in total. The van der Waals surface area contributed by atoms with Crippen LogP contribution in [0.4, 0.5) is 13.2 Å². The van der Waals surface area contributed by atoms with Crippen LogP contribution in [0.5, 0.6) is 5.75 Å². The molecule has 1 atom stereocenters. The minimum Gasteiger partial charge on any atom is -0.497 e. The van der Waals surface area contributed by atoms with Crippen molar-refractivity contribution in [2.45, 2.75) is 18.3 Å². The van der Waals surface area contributed by atoms with Gasteiger partial charge in [0.15, 0.2) is 0 Å². The number of halogens is 4. The van der Waals surface area contributed by atoms with Crippen molar-refractivity contribution in [3.8, 4) is 5.75 Å². The zero-order valence-corrected chi connectivity index (χ0v) is 14.8. The van der Waals surface area contributed by atoms with E-state index in [2.05, 4.69) is 5.10 Å². The Balaban J connectivity index is 2.01. The minimum atomic E-state index is -5.10. The smallest absolute Gasteiger partial charge is 0.438 e. The summed E-state index contributed by atoms with van der Waals surface area (Å²) >= 11 is 5.74. The summed E-state index contributed by atoms with van der Waals surface area (Å²) in [4.78, 5) is 12.6. The van der Waals surface area contributed by atoms with Crippen LogP contribution in [0, 0.1) is 0 Å². The molecule has 0 saturated heterocycles. The number of hydrogen-bond acceptors (Lipinski definition) is 4. The van der Waals surface area contributed by atoms with E-state index in [9.17, 15) is 23.1 Å². The Morgan fingerprint density at radius 2 is 1.78 bits per heavy atom. The Labute approximate surface area is 157 Å². The molecule has 1 amide bonds. The van der Waals surface area contributed by atoms with Crippen LogP contribution in [0.1, 0.15) is 22.3 Å². The van der Waals surface area contributed by atoms with Gasteiger partial charge < -0.3 is 9.84 Å². The van der Waals surface area contributed by atoms with Crippen molar-refractivity contribution < 1.29 is 27.8 Å². The Morgan fingerprint density at radius 1 is 1.19 bits per heavy atom. The van der Waals surface area contributed by atoms with Crippen LogP contribution < -0.4 is 4.74 Å². The highest BCUT2D eigenvalue weighted by atomic mass is 35.5. The van der Waals surface area contributed by atoms with E-state index in [4.69, 9.17) is 16.3 Å². The average Bonchev–Trinajstić information content (AvgIpc) is 3.01. The topological polar surface area (TPSA) is 62.1 Å². The number of carbonyl (C=O) groups excluding carboxylic acids is 1. The second-order valence-electron chi connectivity index (χ2n) is 5.89. The molecular weight excluding hydrogens is 385 g/mol. The molecule has 2 aromatic carbocycles. The normalized spacial score (nSPS) is 19.8. The Bertz CT molecular complexity index is 882. The van der Waals surface area contributed by atoms with E-state index in [1.54, 1.807) is 12.1 Å². The van der Waals surface area contributed by atoms with Crippen LogP contribution in [0.15, 0.2) is 53.6 Å². The summed E-state index contributed by atoms with van der Waals surface area (Å²) in [5, 5.41) is 14.5. The molecule has 0 saturated carbocycles. The first-order chi connectivity index (χ1) is 12.7. The van der Waals surface area contributed by atoms with Crippen LogP contribution >= 0.6 is 11.6 Å². The van der Waals surface area contributed by atoms with Gasteiger partial charge in [-0.05, 0) is 54.1 Å². The van der Waals surface area contributed by atoms with Crippen molar-refractivity contribution in [2.24, 2.45) is 5.10 Å². The molecule has 1 N–H and O–H groups in total. The van der Waals surface area contributed by atoms with E-state index < -0.39 is 24.2 Å². The number of rotatable bonds is 3. The molecular formula is C18H14ClF3N2O3. The fourth-order valence-electron chi connectivity index (χ4n) is 2.64. The van der Waals surface area contributed by atoms with Crippen LogP contribution in [-0.4, -0.2) is 40.7 Å². The third kappa shape index (κ3) is 3.50. The van der Waals surface area contributed by atoms with Gasteiger partial charge in [-0.15, -0.1) is 0 Å². The summed E-state index contributed by atoms with van der Waals surface area (Å²) in [6, 6.07) is 11.4. The highest BCUT2D eigenvalue weighted by Crippen LogP contribution is 2.42. The molecule has 0 aliphatic carbocycles. The molecule has 0 aromatic heterocycles. The average molecular weight is 399 g/mol. The number of methoxy groups -OCH3 is 1. The van der Waals surface area contributed by atoms with E-state index in [1.165, 1.54) is 43.5 Å². The van der Waals surface area contributed by atoms with Gasteiger partial charge in [0.2, 0.25) is 0 Å². The molecule has 142 valence electrons. The number of carbonyl (C=O) groups is 1. The maximum Gasteiger partial charge on any atom is 0.438 e. The van der Waals surface area contributed by atoms with E-state index in [0.29, 0.717) is 16.3 Å². The summed E-state index contributed by atoms with van der Waals surface area (Å²) < 4.78 is 45.8. The molecule has 1 unspecified atom stereocenters. The van der Waals surface area contributed by atoms with Gasteiger partial charge in [0.05, 0.1) is 19.2 Å². The van der Waals surface area contributed by atoms with Crippen LogP contribution in [-0.2, 0) is 0 Å². The Kier molecular flexibility index (Phi) is 4.88. The summed E-state index contributed by atoms with van der Waals surface area (Å²) in [6.07, 6.45) is -5.99. The Morgan fingerprint density at radius 3 is 2.30 bits per heavy atom. The number of aliphatic hydroxyl groups is 1. The first-order valence-electron chi connectivity index (χ1n) is 7.77. The predicted octanol–water partition coefficient (Wildman–Crippen LogP) is 3.85. The fourth-order valence-corrected chi connectivity index (χ4v) is 2.76. The molecule has 3 rings (SSSR count). The van der Waals surface area contributed by atoms with Gasteiger partial charge in [0.25, 0.3) is 11.6 Å². The van der Waals surface area contributed by atoms with Gasteiger partial charge in [0, 0.05) is 10.6 Å². The largest absolute Gasteiger partial charge is 0.497 e. The monoisotopic (exact) mass is 398 g/mol. The van der Waals surface area contributed by atoms with Gasteiger partial charge in [-0.3, -0.25) is 4.79 Å². The SMILES string of the molecule is COc1ccc(C2=NN(C(=O)c3ccc(Cl)cc3)C(O)(C(F)(F)F)C2)cc1. The highest BCUT2D eigenvalue weighted by molar-refractivity contribution is 6.30. The lowest BCUT2D eigenvalue weighted by Gasteiger charge is -2.32. The lowest BCUT2D eigenvalue weighted by molar-refractivity contribution is -0.297.